The number of hydrogen-bond donors (Lipinski definition) is 4. The van der Waals surface area contributed by atoms with E-state index in [1.165, 1.54) is 11.3 Å². The molecular formula is C26H26N4O4S. The number of nitrogen functional groups attached to an aromatic ring is 1. The standard InChI is InChI=1S/C26H26N4O4S/c1-3-34-26(33)19-14(2)29-25-21(20(19)15-8-5-4-6-9-15)22(28)24(35-25)23(32)16-10-7-11-17(12-16)30-18(31)13-27/h4-12,20,29H,3,13,27-28H2,1-2H3,(H,30,31). The second-order valence-corrected chi connectivity index (χ2v) is 9.00. The number of fused-ring (bicyclic) bond motifs is 1. The topological polar surface area (TPSA) is 137 Å². The van der Waals surface area contributed by atoms with E-state index in [1.54, 1.807) is 31.2 Å². The van der Waals surface area contributed by atoms with Crippen molar-refractivity contribution in [3.8, 4) is 0 Å². The molecule has 0 fully saturated rings. The third kappa shape index (κ3) is 4.68. The van der Waals surface area contributed by atoms with Crippen LogP contribution in [0.3, 0.4) is 0 Å². The summed E-state index contributed by atoms with van der Waals surface area (Å²) in [4.78, 5) is 38.5. The first kappa shape index (κ1) is 24.2. The van der Waals surface area contributed by atoms with Crippen molar-refractivity contribution in [3.05, 3.63) is 87.4 Å². The van der Waals surface area contributed by atoms with Crippen LogP contribution in [0.4, 0.5) is 16.4 Å². The maximum Gasteiger partial charge on any atom is 0.336 e. The van der Waals surface area contributed by atoms with E-state index < -0.39 is 11.9 Å². The Balaban J connectivity index is 1.79. The Morgan fingerprint density at radius 3 is 2.54 bits per heavy atom. The lowest BCUT2D eigenvalue weighted by Gasteiger charge is -2.28. The molecule has 0 aliphatic carbocycles. The number of rotatable bonds is 7. The van der Waals surface area contributed by atoms with Crippen LogP contribution in [0, 0.1) is 0 Å². The number of ether oxygens (including phenoxy) is 1. The zero-order valence-corrected chi connectivity index (χ0v) is 20.2. The highest BCUT2D eigenvalue weighted by Gasteiger charge is 2.37. The normalized spacial score (nSPS) is 14.7. The van der Waals surface area contributed by atoms with Crippen molar-refractivity contribution in [3.63, 3.8) is 0 Å². The molecule has 1 unspecified atom stereocenters. The van der Waals surface area contributed by atoms with Crippen LogP contribution in [-0.2, 0) is 14.3 Å². The SMILES string of the molecule is CCOC(=O)C1=C(C)Nc2sc(C(=O)c3cccc(NC(=O)CN)c3)c(N)c2C1c1ccccc1. The van der Waals surface area contributed by atoms with Gasteiger partial charge in [-0.25, -0.2) is 4.79 Å². The summed E-state index contributed by atoms with van der Waals surface area (Å²) in [6.07, 6.45) is 0. The van der Waals surface area contributed by atoms with Gasteiger partial charge in [0.15, 0.2) is 0 Å². The van der Waals surface area contributed by atoms with Gasteiger partial charge in [0, 0.05) is 28.4 Å². The van der Waals surface area contributed by atoms with Crippen LogP contribution in [0.5, 0.6) is 0 Å². The van der Waals surface area contributed by atoms with E-state index in [9.17, 15) is 14.4 Å². The van der Waals surface area contributed by atoms with Gasteiger partial charge in [0.25, 0.3) is 0 Å². The van der Waals surface area contributed by atoms with E-state index in [0.29, 0.717) is 43.7 Å². The minimum Gasteiger partial charge on any atom is -0.463 e. The molecule has 3 aromatic rings. The Hall–Kier alpha value is -3.95. The molecule has 180 valence electrons. The van der Waals surface area contributed by atoms with Crippen LogP contribution in [0.15, 0.2) is 65.9 Å². The van der Waals surface area contributed by atoms with Crippen molar-refractivity contribution in [2.75, 3.05) is 29.5 Å². The first-order chi connectivity index (χ1) is 16.8. The van der Waals surface area contributed by atoms with Crippen LogP contribution in [0.2, 0.25) is 0 Å². The molecule has 9 heteroatoms. The van der Waals surface area contributed by atoms with Gasteiger partial charge >= 0.3 is 5.97 Å². The molecule has 0 spiro atoms. The Morgan fingerprint density at radius 2 is 1.86 bits per heavy atom. The number of amides is 1. The van der Waals surface area contributed by atoms with E-state index in [-0.39, 0.29) is 24.8 Å². The number of thiophene rings is 1. The van der Waals surface area contributed by atoms with Crippen molar-refractivity contribution >= 4 is 45.4 Å². The van der Waals surface area contributed by atoms with Crippen LogP contribution >= 0.6 is 11.3 Å². The minimum absolute atomic E-state index is 0.162. The van der Waals surface area contributed by atoms with Crippen molar-refractivity contribution in [1.29, 1.82) is 0 Å². The van der Waals surface area contributed by atoms with Crippen LogP contribution in [0.1, 0.15) is 46.1 Å². The molecule has 35 heavy (non-hydrogen) atoms. The van der Waals surface area contributed by atoms with E-state index in [1.807, 2.05) is 37.3 Å². The molecule has 1 amide bonds. The van der Waals surface area contributed by atoms with E-state index in [0.717, 1.165) is 5.56 Å². The average Bonchev–Trinajstić information content (AvgIpc) is 3.18. The summed E-state index contributed by atoms with van der Waals surface area (Å²) in [5.74, 6) is -1.56. The molecule has 0 bridgehead atoms. The highest BCUT2D eigenvalue weighted by Crippen LogP contribution is 2.50. The van der Waals surface area contributed by atoms with Crippen molar-refractivity contribution in [2.24, 2.45) is 5.73 Å². The summed E-state index contributed by atoms with van der Waals surface area (Å²) < 4.78 is 5.35. The number of carbonyl (C=O) groups excluding carboxylic acids is 3. The lowest BCUT2D eigenvalue weighted by atomic mass is 9.81. The van der Waals surface area contributed by atoms with Gasteiger partial charge in [0.05, 0.1) is 29.4 Å². The van der Waals surface area contributed by atoms with Gasteiger partial charge in [-0.05, 0) is 31.5 Å². The van der Waals surface area contributed by atoms with Gasteiger partial charge in [-0.3, -0.25) is 9.59 Å². The Morgan fingerprint density at radius 1 is 1.11 bits per heavy atom. The van der Waals surface area contributed by atoms with Gasteiger partial charge in [-0.1, -0.05) is 42.5 Å². The molecule has 1 aliphatic rings. The van der Waals surface area contributed by atoms with Gasteiger partial charge in [0.2, 0.25) is 11.7 Å². The smallest absolute Gasteiger partial charge is 0.336 e. The molecule has 1 atom stereocenters. The molecule has 2 aromatic carbocycles. The van der Waals surface area contributed by atoms with Crippen LogP contribution in [0.25, 0.3) is 0 Å². The molecule has 0 saturated carbocycles. The third-order valence-corrected chi connectivity index (χ3v) is 6.83. The number of ketones is 1. The fourth-order valence-electron chi connectivity index (χ4n) is 4.14. The van der Waals surface area contributed by atoms with Gasteiger partial charge in [-0.2, -0.15) is 0 Å². The number of allylic oxidation sites excluding steroid dienone is 1. The zero-order chi connectivity index (χ0) is 25.1. The molecule has 0 saturated heterocycles. The number of benzene rings is 2. The van der Waals surface area contributed by atoms with Gasteiger partial charge in [0.1, 0.15) is 4.88 Å². The molecule has 8 nitrogen and oxygen atoms in total. The van der Waals surface area contributed by atoms with Crippen LogP contribution in [-0.4, -0.2) is 30.8 Å². The number of esters is 1. The Kier molecular flexibility index (Phi) is 6.99. The number of hydrogen-bond acceptors (Lipinski definition) is 8. The maximum atomic E-state index is 13.5. The minimum atomic E-state index is -0.487. The van der Waals surface area contributed by atoms with E-state index in [2.05, 4.69) is 10.6 Å². The Bertz CT molecular complexity index is 1330. The average molecular weight is 491 g/mol. The largest absolute Gasteiger partial charge is 0.463 e. The summed E-state index contributed by atoms with van der Waals surface area (Å²) in [7, 11) is 0. The van der Waals surface area contributed by atoms with E-state index >= 15 is 0 Å². The molecular weight excluding hydrogens is 464 g/mol. The number of nitrogens with one attached hydrogen (secondary N) is 2. The third-order valence-electron chi connectivity index (χ3n) is 5.69. The van der Waals surface area contributed by atoms with Crippen LogP contribution < -0.4 is 22.1 Å². The lowest BCUT2D eigenvalue weighted by molar-refractivity contribution is -0.138. The fourth-order valence-corrected chi connectivity index (χ4v) is 5.32. The summed E-state index contributed by atoms with van der Waals surface area (Å²) in [6, 6.07) is 16.1. The summed E-state index contributed by atoms with van der Waals surface area (Å²) in [6.45, 7) is 3.65. The highest BCUT2D eigenvalue weighted by atomic mass is 32.1. The Labute approximate surface area is 207 Å². The quantitative estimate of drug-likeness (QED) is 0.292. The molecule has 1 aliphatic heterocycles. The second-order valence-electron chi connectivity index (χ2n) is 7.98. The lowest BCUT2D eigenvalue weighted by Crippen LogP contribution is -2.24. The first-order valence-electron chi connectivity index (χ1n) is 11.1. The van der Waals surface area contributed by atoms with Crippen molar-refractivity contribution in [2.45, 2.75) is 19.8 Å². The summed E-state index contributed by atoms with van der Waals surface area (Å²) in [5.41, 5.74) is 15.8. The van der Waals surface area contributed by atoms with Crippen molar-refractivity contribution in [1.82, 2.24) is 0 Å². The molecule has 0 radical (unpaired) electrons. The molecule has 2 heterocycles. The van der Waals surface area contributed by atoms with Crippen molar-refractivity contribution < 1.29 is 19.1 Å². The molecule has 1 aromatic heterocycles. The summed E-state index contributed by atoms with van der Waals surface area (Å²) in [5, 5.41) is 6.61. The van der Waals surface area contributed by atoms with Gasteiger partial charge < -0.3 is 26.8 Å². The number of anilines is 3. The monoisotopic (exact) mass is 490 g/mol. The van der Waals surface area contributed by atoms with E-state index in [4.69, 9.17) is 16.2 Å². The number of nitrogens with two attached hydrogens (primary N) is 2. The molecule has 6 N–H and O–H groups in total. The fraction of sp³-hybridized carbons (Fsp3) is 0.192. The number of carbonyl (C=O) groups is 3. The maximum absolute atomic E-state index is 13.5. The predicted molar refractivity (Wildman–Crippen MR) is 138 cm³/mol. The molecule has 4 rings (SSSR count). The first-order valence-corrected chi connectivity index (χ1v) is 11.9. The predicted octanol–water partition coefficient (Wildman–Crippen LogP) is 3.85. The van der Waals surface area contributed by atoms with Gasteiger partial charge in [-0.15, -0.1) is 11.3 Å². The highest BCUT2D eigenvalue weighted by molar-refractivity contribution is 7.19. The summed E-state index contributed by atoms with van der Waals surface area (Å²) >= 11 is 1.24. The second kappa shape index (κ2) is 10.1. The zero-order valence-electron chi connectivity index (χ0n) is 19.4.